The van der Waals surface area contributed by atoms with Crippen LogP contribution in [0.1, 0.15) is 99.6 Å². The van der Waals surface area contributed by atoms with E-state index in [9.17, 15) is 0 Å². The molecule has 2 N–H and O–H groups in total. The Balaban J connectivity index is 0.000000500. The van der Waals surface area contributed by atoms with Crippen LogP contribution in [0.2, 0.25) is 0 Å². The number of rotatable bonds is 14. The van der Waals surface area contributed by atoms with E-state index in [1.165, 1.54) is 64.6 Å². The standard InChI is InChI=1S/C31H50N4S.C12H18.C3H6/c1-9-34(36(7,8)23-26-14-12-11-13-15-26)22-29-20-21-30(35(29)10-2)25(5)33-31(24(3)4)27-16-18-28(32-6)19-17-27;1-6-12-7-8(2)9(3)10(4)11(12)5;1-3-2/h10-15,27-33H,2-3,5,7-9,16-23H2,1,4,6H3;7H,6H2,1-5H3;3H,1H2,2H3. The Morgan fingerprint density at radius 3 is 2.06 bits per heavy atom. The van der Waals surface area contributed by atoms with Crippen LogP contribution in [0, 0.1) is 33.6 Å². The van der Waals surface area contributed by atoms with Crippen LogP contribution in [-0.4, -0.2) is 65.3 Å². The maximum Gasteiger partial charge on any atom is 0.0681 e. The van der Waals surface area contributed by atoms with Gasteiger partial charge in [-0.2, -0.15) is 9.39 Å². The van der Waals surface area contributed by atoms with Gasteiger partial charge in [-0.15, -0.1) is 6.58 Å². The van der Waals surface area contributed by atoms with Gasteiger partial charge in [-0.05, 0) is 139 Å². The zero-order chi connectivity index (χ0) is 38.3. The van der Waals surface area contributed by atoms with E-state index < -0.39 is 9.39 Å². The fraction of sp³-hybridized carbons (Fsp3) is 0.522. The van der Waals surface area contributed by atoms with Crippen molar-refractivity contribution in [2.24, 2.45) is 5.92 Å². The zero-order valence-corrected chi connectivity index (χ0v) is 34.9. The second kappa shape index (κ2) is 21.5. The first-order chi connectivity index (χ1) is 24.2. The molecule has 1 aliphatic carbocycles. The molecule has 5 heteroatoms. The molecule has 0 bridgehead atoms. The van der Waals surface area contributed by atoms with Gasteiger partial charge < -0.3 is 15.5 Å². The Hall–Kier alpha value is -2.99. The summed E-state index contributed by atoms with van der Waals surface area (Å²) in [5.41, 5.74) is 10.9. The van der Waals surface area contributed by atoms with Crippen LogP contribution in [0.4, 0.5) is 0 Å². The molecule has 0 amide bonds. The van der Waals surface area contributed by atoms with Crippen molar-refractivity contribution in [3.63, 3.8) is 0 Å². The van der Waals surface area contributed by atoms with Gasteiger partial charge in [0.15, 0.2) is 0 Å². The summed E-state index contributed by atoms with van der Waals surface area (Å²) in [6.07, 6.45) is 12.1. The SMILES string of the molecule is C=CC.C=CN1C(CN(CC)S(=C)(=C)Cc2ccccc2)CCC1C(=C)NC(C(=C)C)C1CCC(NC)CC1.CCc1cc(C)c(C)c(C)c1C. The highest BCUT2D eigenvalue weighted by Crippen LogP contribution is 2.36. The number of likely N-dealkylation sites (N-methyl/N-ethyl adjacent to an activating group) is 1. The van der Waals surface area contributed by atoms with Gasteiger partial charge >= 0.3 is 0 Å². The lowest BCUT2D eigenvalue weighted by atomic mass is 9.79. The number of hydrogen-bond donors (Lipinski definition) is 2. The van der Waals surface area contributed by atoms with Crippen LogP contribution in [0.5, 0.6) is 0 Å². The van der Waals surface area contributed by atoms with Gasteiger partial charge in [-0.3, -0.25) is 4.31 Å². The Morgan fingerprint density at radius 1 is 0.941 bits per heavy atom. The van der Waals surface area contributed by atoms with Crippen molar-refractivity contribution in [3.8, 4) is 0 Å². The molecule has 0 aromatic heterocycles. The van der Waals surface area contributed by atoms with Crippen molar-refractivity contribution in [2.75, 3.05) is 20.1 Å². The molecular weight excluding hydrogens is 641 g/mol. The minimum atomic E-state index is -1.42. The monoisotopic (exact) mass is 715 g/mol. The molecule has 284 valence electrons. The van der Waals surface area contributed by atoms with Crippen LogP contribution < -0.4 is 10.6 Å². The summed E-state index contributed by atoms with van der Waals surface area (Å²) in [5.74, 6) is 10.8. The van der Waals surface area contributed by atoms with Gasteiger partial charge in [-0.1, -0.05) is 93.4 Å². The largest absolute Gasteiger partial charge is 0.380 e. The molecule has 1 saturated heterocycles. The number of likely N-dealkylation sites (tertiary alicyclic amines) is 1. The molecule has 1 heterocycles. The smallest absolute Gasteiger partial charge is 0.0681 e. The molecule has 3 atom stereocenters. The molecule has 3 unspecified atom stereocenters. The van der Waals surface area contributed by atoms with Crippen LogP contribution in [0.15, 0.2) is 86.3 Å². The summed E-state index contributed by atoms with van der Waals surface area (Å²) in [7, 11) is 0.665. The highest BCUT2D eigenvalue weighted by atomic mass is 32.2. The molecule has 4 rings (SSSR count). The van der Waals surface area contributed by atoms with Crippen molar-refractivity contribution in [2.45, 2.75) is 130 Å². The second-order valence-electron chi connectivity index (χ2n) is 14.9. The summed E-state index contributed by atoms with van der Waals surface area (Å²) in [5, 5.41) is 7.29. The Morgan fingerprint density at radius 2 is 1.55 bits per heavy atom. The van der Waals surface area contributed by atoms with E-state index in [0.717, 1.165) is 43.8 Å². The first-order valence-corrected chi connectivity index (χ1v) is 21.4. The quantitative estimate of drug-likeness (QED) is 0.151. The van der Waals surface area contributed by atoms with Crippen LogP contribution >= 0.6 is 9.39 Å². The molecule has 2 aromatic carbocycles. The third kappa shape index (κ3) is 12.6. The normalized spacial score (nSPS) is 20.7. The summed E-state index contributed by atoms with van der Waals surface area (Å²) in [6.45, 7) is 35.7. The maximum atomic E-state index is 4.62. The van der Waals surface area contributed by atoms with Crippen molar-refractivity contribution in [1.82, 2.24) is 19.8 Å². The van der Waals surface area contributed by atoms with Crippen LogP contribution in [0.25, 0.3) is 0 Å². The number of nitrogens with one attached hydrogen (secondary N) is 2. The first kappa shape index (κ1) is 44.2. The molecule has 2 fully saturated rings. The molecule has 4 nitrogen and oxygen atoms in total. The summed E-state index contributed by atoms with van der Waals surface area (Å²) in [6, 6.07) is 14.6. The molecule has 51 heavy (non-hydrogen) atoms. The van der Waals surface area contributed by atoms with E-state index in [1.807, 2.05) is 13.1 Å². The molecule has 1 saturated carbocycles. The van der Waals surface area contributed by atoms with E-state index in [2.05, 4.69) is 150 Å². The van der Waals surface area contributed by atoms with Gasteiger partial charge in [-0.25, -0.2) is 0 Å². The number of benzene rings is 2. The Bertz CT molecular complexity index is 1510. The average molecular weight is 715 g/mol. The number of hydrogen-bond acceptors (Lipinski definition) is 4. The molecule has 2 aliphatic rings. The minimum Gasteiger partial charge on any atom is -0.380 e. The molecule has 2 aromatic rings. The van der Waals surface area contributed by atoms with E-state index >= 15 is 0 Å². The molecule has 0 spiro atoms. The van der Waals surface area contributed by atoms with Gasteiger partial charge in [0.1, 0.15) is 0 Å². The Kier molecular flexibility index (Phi) is 18.6. The third-order valence-corrected chi connectivity index (χ3v) is 13.6. The van der Waals surface area contributed by atoms with E-state index in [4.69, 9.17) is 0 Å². The number of allylic oxidation sites excluding steroid dienone is 1. The molecular formula is C46H74N4S. The van der Waals surface area contributed by atoms with Crippen molar-refractivity contribution in [3.05, 3.63) is 120 Å². The highest BCUT2D eigenvalue weighted by molar-refractivity contribution is 8.25. The van der Waals surface area contributed by atoms with Crippen LogP contribution in [-0.2, 0) is 12.2 Å². The van der Waals surface area contributed by atoms with E-state index in [-0.39, 0.29) is 12.1 Å². The lowest BCUT2D eigenvalue weighted by molar-refractivity contribution is 0.240. The first-order valence-electron chi connectivity index (χ1n) is 19.3. The van der Waals surface area contributed by atoms with E-state index in [0.29, 0.717) is 18.0 Å². The van der Waals surface area contributed by atoms with Crippen molar-refractivity contribution >= 4 is 21.1 Å². The topological polar surface area (TPSA) is 30.5 Å². The predicted molar refractivity (Wildman–Crippen MR) is 234 cm³/mol. The second-order valence-corrected chi connectivity index (χ2v) is 17.7. The average Bonchev–Trinajstić information content (AvgIpc) is 3.53. The lowest BCUT2D eigenvalue weighted by Gasteiger charge is -2.39. The van der Waals surface area contributed by atoms with Crippen LogP contribution in [0.3, 0.4) is 0 Å². The fourth-order valence-corrected chi connectivity index (χ4v) is 9.87. The highest BCUT2D eigenvalue weighted by Gasteiger charge is 2.36. The third-order valence-electron chi connectivity index (χ3n) is 11.3. The van der Waals surface area contributed by atoms with Crippen molar-refractivity contribution in [1.29, 1.82) is 0 Å². The number of aryl methyl sites for hydroxylation is 2. The van der Waals surface area contributed by atoms with Gasteiger partial charge in [0, 0.05) is 42.7 Å². The van der Waals surface area contributed by atoms with Gasteiger partial charge in [0.25, 0.3) is 0 Å². The Labute approximate surface area is 315 Å². The van der Waals surface area contributed by atoms with Gasteiger partial charge in [0.2, 0.25) is 0 Å². The zero-order valence-electron chi connectivity index (χ0n) is 34.1. The van der Waals surface area contributed by atoms with E-state index in [1.54, 1.807) is 6.08 Å². The van der Waals surface area contributed by atoms with Crippen molar-refractivity contribution < 1.29 is 0 Å². The predicted octanol–water partition coefficient (Wildman–Crippen LogP) is 10.6. The maximum absolute atomic E-state index is 4.62. The van der Waals surface area contributed by atoms with Gasteiger partial charge in [0.05, 0.1) is 6.04 Å². The molecule has 1 aliphatic heterocycles. The molecule has 0 radical (unpaired) electrons. The summed E-state index contributed by atoms with van der Waals surface area (Å²) < 4.78 is 2.51. The summed E-state index contributed by atoms with van der Waals surface area (Å²) >= 11 is 0. The summed E-state index contributed by atoms with van der Waals surface area (Å²) in [4.78, 5) is 2.43. The lowest BCUT2D eigenvalue weighted by Crippen LogP contribution is -2.46. The fourth-order valence-electron chi connectivity index (χ4n) is 7.83. The minimum absolute atomic E-state index is 0.259. The number of nitrogens with zero attached hydrogens (tertiary/aromatic N) is 2.